The highest BCUT2D eigenvalue weighted by Gasteiger charge is 2.22. The van der Waals surface area contributed by atoms with Crippen LogP contribution >= 0.6 is 11.6 Å². The summed E-state index contributed by atoms with van der Waals surface area (Å²) in [6.45, 7) is 0.978. The van der Waals surface area contributed by atoms with Crippen LogP contribution in [0.15, 0.2) is 36.5 Å². The minimum Gasteiger partial charge on any atom is -0.368 e. The molecule has 3 aromatic rings. The van der Waals surface area contributed by atoms with Gasteiger partial charge in [-0.05, 0) is 42.5 Å². The van der Waals surface area contributed by atoms with Gasteiger partial charge in [0.05, 0.1) is 5.52 Å². The minimum atomic E-state index is 0.222. The lowest BCUT2D eigenvalue weighted by Gasteiger charge is -2.02. The molecule has 0 amide bonds. The Morgan fingerprint density at radius 1 is 1.24 bits per heavy atom. The first kappa shape index (κ1) is 12.6. The molecule has 1 fully saturated rings. The van der Waals surface area contributed by atoms with E-state index in [1.807, 2.05) is 18.2 Å². The van der Waals surface area contributed by atoms with Gasteiger partial charge in [-0.3, -0.25) is 0 Å². The number of nitrogens with one attached hydrogen (secondary N) is 1. The number of benzene rings is 1. The van der Waals surface area contributed by atoms with Crippen molar-refractivity contribution in [1.82, 2.24) is 19.7 Å². The standard InChI is InChI=1S/C15H14ClN5/c16-15-17-8-7-13(19-15)21-12-4-2-1-3-11(12)14(20-21)18-9-10-5-6-10/h1-4,7-8,10H,5-6,9H2,(H,18,20). The van der Waals surface area contributed by atoms with Crippen LogP contribution in [-0.4, -0.2) is 26.3 Å². The van der Waals surface area contributed by atoms with E-state index in [0.29, 0.717) is 5.82 Å². The fourth-order valence-corrected chi connectivity index (χ4v) is 2.52. The summed E-state index contributed by atoms with van der Waals surface area (Å²) in [6.07, 6.45) is 4.26. The van der Waals surface area contributed by atoms with Crippen LogP contribution in [0.2, 0.25) is 5.28 Å². The summed E-state index contributed by atoms with van der Waals surface area (Å²) in [4.78, 5) is 8.16. The second-order valence-corrected chi connectivity index (χ2v) is 5.62. The highest BCUT2D eigenvalue weighted by Crippen LogP contribution is 2.30. The van der Waals surface area contributed by atoms with Gasteiger partial charge in [-0.2, -0.15) is 4.98 Å². The van der Waals surface area contributed by atoms with E-state index in [-0.39, 0.29) is 5.28 Å². The van der Waals surface area contributed by atoms with Gasteiger partial charge < -0.3 is 5.32 Å². The van der Waals surface area contributed by atoms with Crippen molar-refractivity contribution < 1.29 is 0 Å². The molecule has 0 unspecified atom stereocenters. The van der Waals surface area contributed by atoms with Gasteiger partial charge in [-0.25, -0.2) is 9.67 Å². The van der Waals surface area contributed by atoms with Gasteiger partial charge in [-0.15, -0.1) is 5.10 Å². The molecule has 0 spiro atoms. The number of hydrogen-bond donors (Lipinski definition) is 1. The highest BCUT2D eigenvalue weighted by molar-refractivity contribution is 6.28. The van der Waals surface area contributed by atoms with Gasteiger partial charge in [0.15, 0.2) is 11.6 Å². The van der Waals surface area contributed by atoms with Gasteiger partial charge >= 0.3 is 0 Å². The van der Waals surface area contributed by atoms with Crippen molar-refractivity contribution >= 4 is 28.3 Å². The molecule has 6 heteroatoms. The van der Waals surface area contributed by atoms with Crippen LogP contribution in [0.3, 0.4) is 0 Å². The lowest BCUT2D eigenvalue weighted by Crippen LogP contribution is -2.05. The average molecular weight is 300 g/mol. The number of rotatable bonds is 4. The summed E-state index contributed by atoms with van der Waals surface area (Å²) in [6, 6.07) is 9.91. The normalized spacial score (nSPS) is 14.5. The number of fused-ring (bicyclic) bond motifs is 1. The molecule has 2 aromatic heterocycles. The third kappa shape index (κ3) is 2.45. The van der Waals surface area contributed by atoms with E-state index in [9.17, 15) is 0 Å². The van der Waals surface area contributed by atoms with Crippen LogP contribution < -0.4 is 5.32 Å². The maximum Gasteiger partial charge on any atom is 0.224 e. The first-order valence-corrected chi connectivity index (χ1v) is 7.39. The van der Waals surface area contributed by atoms with E-state index in [0.717, 1.165) is 29.2 Å². The summed E-state index contributed by atoms with van der Waals surface area (Å²) >= 11 is 5.88. The number of hydrogen-bond acceptors (Lipinski definition) is 4. The average Bonchev–Trinajstić information content (AvgIpc) is 3.26. The molecule has 5 nitrogen and oxygen atoms in total. The number of aromatic nitrogens is 4. The fraction of sp³-hybridized carbons (Fsp3) is 0.267. The van der Waals surface area contributed by atoms with Crippen molar-refractivity contribution in [2.45, 2.75) is 12.8 Å². The number of anilines is 1. The summed E-state index contributed by atoms with van der Waals surface area (Å²) in [7, 11) is 0. The Hall–Kier alpha value is -2.14. The van der Waals surface area contributed by atoms with Crippen molar-refractivity contribution in [2.24, 2.45) is 5.92 Å². The molecule has 1 aliphatic rings. The lowest BCUT2D eigenvalue weighted by atomic mass is 10.2. The Bertz CT molecular complexity index is 794. The minimum absolute atomic E-state index is 0.222. The van der Waals surface area contributed by atoms with E-state index in [1.165, 1.54) is 12.8 Å². The SMILES string of the molecule is Clc1nccc(-n2nc(NCC3CC3)c3ccccc32)n1. The number of para-hydroxylation sites is 1. The zero-order valence-electron chi connectivity index (χ0n) is 11.3. The number of halogens is 1. The predicted octanol–water partition coefficient (Wildman–Crippen LogP) is 3.29. The molecule has 1 saturated carbocycles. The Balaban J connectivity index is 1.80. The quantitative estimate of drug-likeness (QED) is 0.751. The van der Waals surface area contributed by atoms with Gasteiger partial charge in [0.2, 0.25) is 5.28 Å². The molecule has 0 bridgehead atoms. The smallest absolute Gasteiger partial charge is 0.224 e. The van der Waals surface area contributed by atoms with E-state index >= 15 is 0 Å². The van der Waals surface area contributed by atoms with Crippen LogP contribution in [0.4, 0.5) is 5.82 Å². The van der Waals surface area contributed by atoms with E-state index < -0.39 is 0 Å². The van der Waals surface area contributed by atoms with Crippen LogP contribution in [0.5, 0.6) is 0 Å². The second kappa shape index (κ2) is 5.00. The first-order chi connectivity index (χ1) is 10.3. The Morgan fingerprint density at radius 2 is 2.10 bits per heavy atom. The predicted molar refractivity (Wildman–Crippen MR) is 82.9 cm³/mol. The molecule has 106 valence electrons. The van der Waals surface area contributed by atoms with Crippen molar-refractivity contribution in [3.05, 3.63) is 41.8 Å². The molecular weight excluding hydrogens is 286 g/mol. The molecule has 4 rings (SSSR count). The Labute approximate surface area is 127 Å². The molecule has 2 heterocycles. The zero-order chi connectivity index (χ0) is 14.2. The highest BCUT2D eigenvalue weighted by atomic mass is 35.5. The molecule has 1 N–H and O–H groups in total. The van der Waals surface area contributed by atoms with Crippen LogP contribution in [0, 0.1) is 5.92 Å². The van der Waals surface area contributed by atoms with Gasteiger partial charge in [0.1, 0.15) is 0 Å². The molecule has 0 aliphatic heterocycles. The summed E-state index contributed by atoms with van der Waals surface area (Å²) in [5.41, 5.74) is 1.01. The summed E-state index contributed by atoms with van der Waals surface area (Å²) in [5.74, 6) is 2.36. The van der Waals surface area contributed by atoms with Gasteiger partial charge in [-0.1, -0.05) is 12.1 Å². The lowest BCUT2D eigenvalue weighted by molar-refractivity contribution is 0.843. The second-order valence-electron chi connectivity index (χ2n) is 5.29. The van der Waals surface area contributed by atoms with Gasteiger partial charge in [0.25, 0.3) is 0 Å². The Morgan fingerprint density at radius 3 is 2.90 bits per heavy atom. The van der Waals surface area contributed by atoms with E-state index in [4.69, 9.17) is 11.6 Å². The van der Waals surface area contributed by atoms with Crippen LogP contribution in [-0.2, 0) is 0 Å². The van der Waals surface area contributed by atoms with Gasteiger partial charge in [0, 0.05) is 24.2 Å². The van der Waals surface area contributed by atoms with Crippen LogP contribution in [0.25, 0.3) is 16.7 Å². The van der Waals surface area contributed by atoms with Crippen molar-refractivity contribution in [3.8, 4) is 5.82 Å². The topological polar surface area (TPSA) is 55.6 Å². The molecule has 21 heavy (non-hydrogen) atoms. The molecule has 1 aromatic carbocycles. The van der Waals surface area contributed by atoms with Crippen molar-refractivity contribution in [2.75, 3.05) is 11.9 Å². The summed E-state index contributed by atoms with van der Waals surface area (Å²) < 4.78 is 1.80. The first-order valence-electron chi connectivity index (χ1n) is 7.02. The molecular formula is C15H14ClN5. The molecule has 0 atom stereocenters. The third-order valence-electron chi connectivity index (χ3n) is 3.67. The van der Waals surface area contributed by atoms with Crippen molar-refractivity contribution in [1.29, 1.82) is 0 Å². The number of nitrogens with zero attached hydrogens (tertiary/aromatic N) is 4. The molecule has 0 saturated heterocycles. The molecule has 1 aliphatic carbocycles. The Kier molecular flexibility index (Phi) is 3.00. The van der Waals surface area contributed by atoms with E-state index in [2.05, 4.69) is 26.4 Å². The zero-order valence-corrected chi connectivity index (χ0v) is 12.1. The van der Waals surface area contributed by atoms with Crippen molar-refractivity contribution in [3.63, 3.8) is 0 Å². The fourth-order valence-electron chi connectivity index (χ4n) is 2.38. The largest absolute Gasteiger partial charge is 0.368 e. The molecule has 0 radical (unpaired) electrons. The monoisotopic (exact) mass is 299 g/mol. The van der Waals surface area contributed by atoms with E-state index in [1.54, 1.807) is 16.9 Å². The maximum absolute atomic E-state index is 5.88. The third-order valence-corrected chi connectivity index (χ3v) is 3.85. The van der Waals surface area contributed by atoms with Crippen LogP contribution in [0.1, 0.15) is 12.8 Å². The summed E-state index contributed by atoms with van der Waals surface area (Å²) in [5, 5.41) is 9.42. The maximum atomic E-state index is 5.88.